The molecule has 2 nitrogen and oxygen atoms in total. The van der Waals surface area contributed by atoms with Crippen LogP contribution in [0.15, 0.2) is 24.3 Å². The Hall–Kier alpha value is -1.31. The van der Waals surface area contributed by atoms with E-state index >= 15 is 0 Å². The lowest BCUT2D eigenvalue weighted by Gasteiger charge is -2.00. The quantitative estimate of drug-likeness (QED) is 0.451. The molecule has 0 aliphatic rings. The van der Waals surface area contributed by atoms with Crippen molar-refractivity contribution >= 4 is 5.97 Å². The smallest absolute Gasteiger partial charge is 0.308 e. The van der Waals surface area contributed by atoms with Gasteiger partial charge in [0.05, 0.1) is 0 Å². The van der Waals surface area contributed by atoms with Crippen LogP contribution in [-0.4, -0.2) is 5.97 Å². The Balaban J connectivity index is 2.79. The van der Waals surface area contributed by atoms with Gasteiger partial charge in [-0.05, 0) is 24.6 Å². The number of aryl methyl sites for hydroxylation is 1. The number of hydrogen-bond donors (Lipinski definition) is 0. The van der Waals surface area contributed by atoms with Crippen molar-refractivity contribution in [1.82, 2.24) is 0 Å². The molecule has 0 radical (unpaired) electrons. The standard InChI is InChI=1S/C9H10O2/c1-7-4-3-5-9(6-7)11-8(2)10/h3-6H,1-2H3. The maximum atomic E-state index is 10.5. The van der Waals surface area contributed by atoms with Crippen LogP contribution in [0.25, 0.3) is 0 Å². The van der Waals surface area contributed by atoms with Crippen LogP contribution in [0.1, 0.15) is 12.5 Å². The van der Waals surface area contributed by atoms with Crippen molar-refractivity contribution in [1.29, 1.82) is 0 Å². The Bertz CT molecular complexity index is 266. The zero-order valence-electron chi connectivity index (χ0n) is 6.63. The van der Waals surface area contributed by atoms with Crippen molar-refractivity contribution < 1.29 is 9.53 Å². The average Bonchev–Trinajstić information content (AvgIpc) is 1.85. The highest BCUT2D eigenvalue weighted by molar-refractivity contribution is 5.69. The molecule has 0 aromatic heterocycles. The molecule has 0 bridgehead atoms. The van der Waals surface area contributed by atoms with Gasteiger partial charge < -0.3 is 4.74 Å². The van der Waals surface area contributed by atoms with Crippen molar-refractivity contribution in [3.63, 3.8) is 0 Å². The normalized spacial score (nSPS) is 9.27. The summed E-state index contributed by atoms with van der Waals surface area (Å²) < 4.78 is 4.86. The first-order valence-corrected chi connectivity index (χ1v) is 3.43. The number of hydrogen-bond acceptors (Lipinski definition) is 2. The summed E-state index contributed by atoms with van der Waals surface area (Å²) in [5, 5.41) is 0. The van der Waals surface area contributed by atoms with Crippen molar-refractivity contribution in [3.05, 3.63) is 29.8 Å². The minimum absolute atomic E-state index is 0.282. The van der Waals surface area contributed by atoms with E-state index in [1.807, 2.05) is 25.1 Å². The third-order valence-corrected chi connectivity index (χ3v) is 1.25. The molecule has 0 N–H and O–H groups in total. The molecule has 0 amide bonds. The van der Waals surface area contributed by atoms with Gasteiger partial charge in [0.25, 0.3) is 0 Å². The highest BCUT2D eigenvalue weighted by Crippen LogP contribution is 2.11. The number of benzene rings is 1. The van der Waals surface area contributed by atoms with E-state index in [-0.39, 0.29) is 5.97 Å². The number of esters is 1. The van der Waals surface area contributed by atoms with E-state index in [9.17, 15) is 4.79 Å². The second-order valence-corrected chi connectivity index (χ2v) is 2.41. The Morgan fingerprint density at radius 2 is 2.18 bits per heavy atom. The van der Waals surface area contributed by atoms with Crippen LogP contribution in [0.2, 0.25) is 0 Å². The SMILES string of the molecule is CC(=O)Oc1cccc(C)c1. The highest BCUT2D eigenvalue weighted by atomic mass is 16.5. The van der Waals surface area contributed by atoms with Crippen molar-refractivity contribution in [2.75, 3.05) is 0 Å². The van der Waals surface area contributed by atoms with Gasteiger partial charge in [-0.25, -0.2) is 0 Å². The van der Waals surface area contributed by atoms with Crippen LogP contribution in [-0.2, 0) is 4.79 Å². The third kappa shape index (κ3) is 2.42. The fraction of sp³-hybridized carbons (Fsp3) is 0.222. The first kappa shape index (κ1) is 7.79. The summed E-state index contributed by atoms with van der Waals surface area (Å²) in [6.07, 6.45) is 0. The summed E-state index contributed by atoms with van der Waals surface area (Å²) in [6, 6.07) is 7.39. The van der Waals surface area contributed by atoms with Gasteiger partial charge in [0.15, 0.2) is 0 Å². The molecule has 0 heterocycles. The second kappa shape index (κ2) is 3.19. The monoisotopic (exact) mass is 150 g/mol. The molecule has 1 aromatic rings. The predicted molar refractivity (Wildman–Crippen MR) is 42.5 cm³/mol. The molecule has 58 valence electrons. The fourth-order valence-electron chi connectivity index (χ4n) is 0.845. The minimum Gasteiger partial charge on any atom is -0.427 e. The molecule has 0 saturated heterocycles. The lowest BCUT2D eigenvalue weighted by molar-refractivity contribution is -0.131. The Morgan fingerprint density at radius 3 is 2.73 bits per heavy atom. The molecule has 0 fully saturated rings. The maximum Gasteiger partial charge on any atom is 0.308 e. The van der Waals surface area contributed by atoms with Crippen LogP contribution >= 0.6 is 0 Å². The van der Waals surface area contributed by atoms with E-state index in [1.54, 1.807) is 6.07 Å². The number of ether oxygens (including phenoxy) is 1. The van der Waals surface area contributed by atoms with Crippen LogP contribution in [0, 0.1) is 6.92 Å². The minimum atomic E-state index is -0.282. The lowest BCUT2D eigenvalue weighted by Crippen LogP contribution is -2.00. The Labute approximate surface area is 65.8 Å². The molecule has 0 unspecified atom stereocenters. The molecule has 0 atom stereocenters. The molecule has 2 heteroatoms. The zero-order chi connectivity index (χ0) is 8.27. The summed E-state index contributed by atoms with van der Waals surface area (Å²) >= 11 is 0. The summed E-state index contributed by atoms with van der Waals surface area (Å²) in [6.45, 7) is 3.34. The van der Waals surface area contributed by atoms with E-state index in [4.69, 9.17) is 4.74 Å². The molecule has 0 aliphatic carbocycles. The van der Waals surface area contributed by atoms with Crippen molar-refractivity contribution in [2.45, 2.75) is 13.8 Å². The molecule has 1 rings (SSSR count). The number of carbonyl (C=O) groups is 1. The molecular formula is C9H10O2. The maximum absolute atomic E-state index is 10.5. The zero-order valence-corrected chi connectivity index (χ0v) is 6.63. The largest absolute Gasteiger partial charge is 0.427 e. The van der Waals surface area contributed by atoms with Gasteiger partial charge in [0, 0.05) is 6.92 Å². The average molecular weight is 150 g/mol. The van der Waals surface area contributed by atoms with E-state index < -0.39 is 0 Å². The van der Waals surface area contributed by atoms with Gasteiger partial charge in [-0.3, -0.25) is 4.79 Å². The number of rotatable bonds is 1. The van der Waals surface area contributed by atoms with Gasteiger partial charge in [-0.1, -0.05) is 12.1 Å². The summed E-state index contributed by atoms with van der Waals surface area (Å²) in [5.41, 5.74) is 1.09. The van der Waals surface area contributed by atoms with E-state index in [2.05, 4.69) is 0 Å². The first-order chi connectivity index (χ1) is 5.18. The van der Waals surface area contributed by atoms with Gasteiger partial charge in [-0.15, -0.1) is 0 Å². The topological polar surface area (TPSA) is 26.3 Å². The van der Waals surface area contributed by atoms with E-state index in [0.29, 0.717) is 5.75 Å². The Kier molecular flexibility index (Phi) is 2.26. The lowest BCUT2D eigenvalue weighted by atomic mass is 10.2. The van der Waals surface area contributed by atoms with Gasteiger partial charge >= 0.3 is 5.97 Å². The summed E-state index contributed by atoms with van der Waals surface area (Å²) in [4.78, 5) is 10.5. The molecule has 0 spiro atoms. The van der Waals surface area contributed by atoms with E-state index in [0.717, 1.165) is 5.56 Å². The molecule has 1 aromatic carbocycles. The summed E-state index contributed by atoms with van der Waals surface area (Å²) in [5.74, 6) is 0.327. The molecule has 11 heavy (non-hydrogen) atoms. The summed E-state index contributed by atoms with van der Waals surface area (Å²) in [7, 11) is 0. The van der Waals surface area contributed by atoms with Crippen molar-refractivity contribution in [2.24, 2.45) is 0 Å². The first-order valence-electron chi connectivity index (χ1n) is 3.43. The molecule has 0 aliphatic heterocycles. The fourth-order valence-corrected chi connectivity index (χ4v) is 0.845. The molecule has 0 saturated carbocycles. The molecular weight excluding hydrogens is 140 g/mol. The van der Waals surface area contributed by atoms with Crippen LogP contribution in [0.5, 0.6) is 5.75 Å². The van der Waals surface area contributed by atoms with Crippen molar-refractivity contribution in [3.8, 4) is 5.75 Å². The van der Waals surface area contributed by atoms with Gasteiger partial charge in [0.1, 0.15) is 5.75 Å². The van der Waals surface area contributed by atoms with Crippen LogP contribution in [0.3, 0.4) is 0 Å². The predicted octanol–water partition coefficient (Wildman–Crippen LogP) is 1.92. The Morgan fingerprint density at radius 1 is 1.45 bits per heavy atom. The van der Waals surface area contributed by atoms with Gasteiger partial charge in [0.2, 0.25) is 0 Å². The third-order valence-electron chi connectivity index (χ3n) is 1.25. The highest BCUT2D eigenvalue weighted by Gasteiger charge is 1.95. The second-order valence-electron chi connectivity index (χ2n) is 2.41. The van der Waals surface area contributed by atoms with Crippen LogP contribution < -0.4 is 4.74 Å². The van der Waals surface area contributed by atoms with Crippen LogP contribution in [0.4, 0.5) is 0 Å². The van der Waals surface area contributed by atoms with Gasteiger partial charge in [-0.2, -0.15) is 0 Å². The van der Waals surface area contributed by atoms with E-state index in [1.165, 1.54) is 6.92 Å². The number of carbonyl (C=O) groups excluding carboxylic acids is 1.